The van der Waals surface area contributed by atoms with Crippen molar-refractivity contribution >= 4 is 6.09 Å². The van der Waals surface area contributed by atoms with Crippen LogP contribution in [0.1, 0.15) is 44.1 Å². The third-order valence-corrected chi connectivity index (χ3v) is 5.64. The molecule has 148 valence electrons. The summed E-state index contributed by atoms with van der Waals surface area (Å²) in [5.41, 5.74) is 0.986. The number of hydrogen-bond donors (Lipinski definition) is 2. The van der Waals surface area contributed by atoms with Gasteiger partial charge in [-0.05, 0) is 50.0 Å². The zero-order chi connectivity index (χ0) is 18.9. The van der Waals surface area contributed by atoms with Crippen LogP contribution in [0, 0.1) is 11.8 Å². The van der Waals surface area contributed by atoms with E-state index in [1.54, 1.807) is 0 Å². The number of fused-ring (bicyclic) bond motifs is 2. The average molecular weight is 373 g/mol. The number of unbranched alkanes of at least 4 members (excludes halogenated alkanes) is 2. The van der Waals surface area contributed by atoms with Crippen LogP contribution in [0.3, 0.4) is 0 Å². The molecule has 27 heavy (non-hydrogen) atoms. The number of carbonyl (C=O) groups is 1. The van der Waals surface area contributed by atoms with Crippen LogP contribution in [0.5, 0.6) is 0 Å². The molecule has 3 rings (SSSR count). The second-order valence-electron chi connectivity index (χ2n) is 7.49. The molecule has 5 heteroatoms. The van der Waals surface area contributed by atoms with Crippen molar-refractivity contribution in [2.24, 2.45) is 11.8 Å². The molecule has 1 amide bonds. The molecule has 0 saturated carbocycles. The number of ether oxygens (including phenoxy) is 2. The number of rotatable bonds is 10. The molecule has 2 N–H and O–H groups in total. The predicted molar refractivity (Wildman–Crippen MR) is 104 cm³/mol. The van der Waals surface area contributed by atoms with E-state index in [0.29, 0.717) is 31.1 Å². The van der Waals surface area contributed by atoms with E-state index in [1.165, 1.54) is 0 Å². The summed E-state index contributed by atoms with van der Waals surface area (Å²) < 4.78 is 11.4. The van der Waals surface area contributed by atoms with Crippen molar-refractivity contribution in [2.75, 3.05) is 13.2 Å². The monoisotopic (exact) mass is 373 g/mol. The number of amides is 1. The van der Waals surface area contributed by atoms with E-state index in [-0.39, 0.29) is 18.8 Å². The Labute approximate surface area is 161 Å². The van der Waals surface area contributed by atoms with Gasteiger partial charge >= 0.3 is 6.09 Å². The normalized spacial score (nSPS) is 26.6. The van der Waals surface area contributed by atoms with Crippen molar-refractivity contribution in [3.8, 4) is 0 Å². The number of nitrogens with one attached hydrogen (secondary N) is 1. The van der Waals surface area contributed by atoms with Crippen LogP contribution >= 0.6 is 0 Å². The first-order valence-electron chi connectivity index (χ1n) is 10.1. The first-order chi connectivity index (χ1) is 13.3. The van der Waals surface area contributed by atoms with Gasteiger partial charge in [0, 0.05) is 19.1 Å². The van der Waals surface area contributed by atoms with Crippen LogP contribution in [0.4, 0.5) is 4.79 Å². The van der Waals surface area contributed by atoms with Crippen molar-refractivity contribution in [2.45, 2.75) is 57.3 Å². The molecule has 2 saturated heterocycles. The van der Waals surface area contributed by atoms with Gasteiger partial charge in [0.15, 0.2) is 0 Å². The molecular formula is C22H31NO4. The van der Waals surface area contributed by atoms with E-state index in [1.807, 2.05) is 30.3 Å². The molecule has 5 nitrogen and oxygen atoms in total. The van der Waals surface area contributed by atoms with Gasteiger partial charge in [-0.15, -0.1) is 0 Å². The van der Waals surface area contributed by atoms with E-state index in [9.17, 15) is 4.79 Å². The molecule has 2 aliphatic heterocycles. The van der Waals surface area contributed by atoms with Gasteiger partial charge in [-0.3, -0.25) is 0 Å². The lowest BCUT2D eigenvalue weighted by molar-refractivity contribution is 0.0866. The summed E-state index contributed by atoms with van der Waals surface area (Å²) in [7, 11) is 0. The zero-order valence-corrected chi connectivity index (χ0v) is 15.9. The highest BCUT2D eigenvalue weighted by atomic mass is 16.5. The Morgan fingerprint density at radius 3 is 2.70 bits per heavy atom. The van der Waals surface area contributed by atoms with Crippen LogP contribution in [0.15, 0.2) is 42.5 Å². The van der Waals surface area contributed by atoms with Gasteiger partial charge in [-0.2, -0.15) is 0 Å². The smallest absolute Gasteiger partial charge is 0.407 e. The van der Waals surface area contributed by atoms with E-state index >= 15 is 0 Å². The lowest BCUT2D eigenvalue weighted by Gasteiger charge is -2.27. The molecule has 1 aromatic carbocycles. The number of aliphatic hydroxyl groups is 1. The quantitative estimate of drug-likeness (QED) is 0.483. The summed E-state index contributed by atoms with van der Waals surface area (Å²) in [4.78, 5) is 12.0. The van der Waals surface area contributed by atoms with E-state index in [4.69, 9.17) is 14.6 Å². The maximum Gasteiger partial charge on any atom is 0.407 e. The van der Waals surface area contributed by atoms with Gasteiger partial charge in [0.25, 0.3) is 0 Å². The predicted octanol–water partition coefficient (Wildman–Crippen LogP) is 3.82. The van der Waals surface area contributed by atoms with Crippen LogP contribution in [0.2, 0.25) is 0 Å². The van der Waals surface area contributed by atoms with E-state index < -0.39 is 0 Å². The van der Waals surface area contributed by atoms with Crippen molar-refractivity contribution in [1.82, 2.24) is 5.32 Å². The molecule has 0 aromatic heterocycles. The molecule has 0 spiro atoms. The molecule has 0 unspecified atom stereocenters. The van der Waals surface area contributed by atoms with Crippen LogP contribution in [-0.2, 0) is 16.1 Å². The summed E-state index contributed by atoms with van der Waals surface area (Å²) >= 11 is 0. The van der Waals surface area contributed by atoms with E-state index in [2.05, 4.69) is 17.5 Å². The molecule has 4 atom stereocenters. The average Bonchev–Trinajstić information content (AvgIpc) is 3.30. The van der Waals surface area contributed by atoms with E-state index in [0.717, 1.165) is 44.1 Å². The van der Waals surface area contributed by atoms with Crippen LogP contribution in [-0.4, -0.2) is 36.6 Å². The molecular weight excluding hydrogens is 342 g/mol. The highest BCUT2D eigenvalue weighted by molar-refractivity contribution is 5.67. The number of benzene rings is 1. The Hall–Kier alpha value is -1.85. The third-order valence-electron chi connectivity index (χ3n) is 5.64. The first-order valence-corrected chi connectivity index (χ1v) is 10.1. The van der Waals surface area contributed by atoms with Gasteiger partial charge < -0.3 is 19.9 Å². The van der Waals surface area contributed by atoms with Crippen molar-refractivity contribution < 1.29 is 19.4 Å². The van der Waals surface area contributed by atoms with Gasteiger partial charge in [0.05, 0.1) is 12.2 Å². The minimum absolute atomic E-state index is 0.261. The Balaban J connectivity index is 1.41. The Morgan fingerprint density at radius 2 is 1.93 bits per heavy atom. The lowest BCUT2D eigenvalue weighted by Crippen LogP contribution is -2.38. The Kier molecular flexibility index (Phi) is 7.72. The van der Waals surface area contributed by atoms with Gasteiger partial charge in [-0.25, -0.2) is 4.79 Å². The van der Waals surface area contributed by atoms with Gasteiger partial charge in [0.1, 0.15) is 6.61 Å². The summed E-state index contributed by atoms with van der Waals surface area (Å²) in [6.07, 6.45) is 10.8. The number of carbonyl (C=O) groups excluding carboxylic acids is 1. The standard InChI is InChI=1S/C22H31NO4/c24-14-8-3-1-2-7-11-18-19(21-13-12-20(18)27-21)15-23-22(25)26-16-17-9-5-4-6-10-17/h2,4-7,9-10,18-21,24H,1,3,8,11-16H2,(H,23,25)/t18-,19+,20-,21+/m1/s1. The number of hydrogen-bond acceptors (Lipinski definition) is 4. The molecule has 2 bridgehead atoms. The van der Waals surface area contributed by atoms with Crippen molar-refractivity contribution in [3.63, 3.8) is 0 Å². The number of allylic oxidation sites excluding steroid dienone is 2. The topological polar surface area (TPSA) is 67.8 Å². The maximum absolute atomic E-state index is 12.0. The zero-order valence-electron chi connectivity index (χ0n) is 15.9. The molecule has 0 aliphatic carbocycles. The first kappa shape index (κ1) is 19.9. The molecule has 2 aliphatic rings. The second-order valence-corrected chi connectivity index (χ2v) is 7.49. The van der Waals surface area contributed by atoms with Crippen LogP contribution < -0.4 is 5.32 Å². The Morgan fingerprint density at radius 1 is 1.15 bits per heavy atom. The molecule has 0 radical (unpaired) electrons. The molecule has 2 heterocycles. The third kappa shape index (κ3) is 5.81. The van der Waals surface area contributed by atoms with Crippen LogP contribution in [0.25, 0.3) is 0 Å². The Bertz CT molecular complexity index is 604. The number of aliphatic hydroxyl groups excluding tert-OH is 1. The lowest BCUT2D eigenvalue weighted by atomic mass is 9.77. The highest BCUT2D eigenvalue weighted by Crippen LogP contribution is 2.44. The van der Waals surface area contributed by atoms with Gasteiger partial charge in [0.2, 0.25) is 0 Å². The summed E-state index contributed by atoms with van der Waals surface area (Å²) in [6, 6.07) is 9.70. The highest BCUT2D eigenvalue weighted by Gasteiger charge is 2.48. The maximum atomic E-state index is 12.0. The summed E-state index contributed by atoms with van der Waals surface area (Å²) in [5.74, 6) is 0.822. The summed E-state index contributed by atoms with van der Waals surface area (Å²) in [6.45, 7) is 1.17. The van der Waals surface area contributed by atoms with Gasteiger partial charge in [-0.1, -0.05) is 42.5 Å². The fraction of sp³-hybridized carbons (Fsp3) is 0.591. The fourth-order valence-electron chi connectivity index (χ4n) is 4.20. The molecule has 2 fully saturated rings. The SMILES string of the molecule is O=C(NC[C@H]1[C@@H](CC=CCCCCO)[C@H]2CC[C@@H]1O2)OCc1ccccc1. The number of alkyl carbamates (subject to hydrolysis) is 1. The largest absolute Gasteiger partial charge is 0.445 e. The summed E-state index contributed by atoms with van der Waals surface area (Å²) in [5, 5.41) is 11.8. The van der Waals surface area contributed by atoms with Crippen molar-refractivity contribution in [1.29, 1.82) is 0 Å². The minimum atomic E-state index is -0.361. The molecule has 1 aromatic rings. The fourth-order valence-corrected chi connectivity index (χ4v) is 4.20. The minimum Gasteiger partial charge on any atom is -0.445 e. The van der Waals surface area contributed by atoms with Crippen molar-refractivity contribution in [3.05, 3.63) is 48.0 Å². The second kappa shape index (κ2) is 10.5.